The normalized spacial score (nSPS) is 9.00. The summed E-state index contributed by atoms with van der Waals surface area (Å²) in [6.45, 7) is 0. The number of Topliss-reactive ketones (excluding diaryl/α,β-unsaturated/α-hetero) is 1. The van der Waals surface area contributed by atoms with Gasteiger partial charge in [0.1, 0.15) is 5.75 Å². The number of carbonyl (C=O) groups excluding carboxylic acids is 1. The minimum atomic E-state index is 0.126. The van der Waals surface area contributed by atoms with Crippen molar-refractivity contribution in [3.63, 3.8) is 0 Å². The van der Waals surface area contributed by atoms with Crippen molar-refractivity contribution in [1.82, 2.24) is 0 Å². The Kier molecular flexibility index (Phi) is 6.04. The number of halogens is 1. The molecule has 0 heterocycles. The highest BCUT2D eigenvalue weighted by Crippen LogP contribution is 2.03. The SMILES string of the molecule is O=C(CBr)c1ccccc1.Oc1ccccc1. The molecule has 0 bridgehead atoms. The Morgan fingerprint density at radius 3 is 1.76 bits per heavy atom. The van der Waals surface area contributed by atoms with Crippen LogP contribution < -0.4 is 0 Å². The number of alkyl halides is 1. The molecule has 0 aliphatic heterocycles. The van der Waals surface area contributed by atoms with E-state index >= 15 is 0 Å². The molecule has 2 aromatic carbocycles. The van der Waals surface area contributed by atoms with Gasteiger partial charge < -0.3 is 5.11 Å². The van der Waals surface area contributed by atoms with E-state index in [1.165, 1.54) is 0 Å². The average Bonchev–Trinajstić information content (AvgIpc) is 2.40. The van der Waals surface area contributed by atoms with Crippen LogP contribution in [-0.4, -0.2) is 16.2 Å². The molecule has 0 aromatic heterocycles. The average molecular weight is 293 g/mol. The topological polar surface area (TPSA) is 37.3 Å². The fourth-order valence-corrected chi connectivity index (χ4v) is 1.45. The molecule has 0 amide bonds. The van der Waals surface area contributed by atoms with Crippen LogP contribution in [0.3, 0.4) is 0 Å². The highest BCUT2D eigenvalue weighted by Gasteiger charge is 1.99. The van der Waals surface area contributed by atoms with Crippen LogP contribution >= 0.6 is 15.9 Å². The van der Waals surface area contributed by atoms with Gasteiger partial charge in [-0.1, -0.05) is 64.5 Å². The molecule has 0 saturated heterocycles. The van der Waals surface area contributed by atoms with Crippen LogP contribution in [0, 0.1) is 0 Å². The van der Waals surface area contributed by atoms with Gasteiger partial charge in [0, 0.05) is 5.56 Å². The number of ketones is 1. The molecule has 0 atom stereocenters. The zero-order valence-electron chi connectivity index (χ0n) is 9.21. The highest BCUT2D eigenvalue weighted by molar-refractivity contribution is 9.09. The maximum absolute atomic E-state index is 11.0. The summed E-state index contributed by atoms with van der Waals surface area (Å²) in [5.41, 5.74) is 0.763. The highest BCUT2D eigenvalue weighted by atomic mass is 79.9. The Morgan fingerprint density at radius 2 is 1.41 bits per heavy atom. The number of benzene rings is 2. The van der Waals surface area contributed by atoms with Gasteiger partial charge in [-0.15, -0.1) is 0 Å². The standard InChI is InChI=1S/C8H7BrO.C6H6O/c9-6-8(10)7-4-2-1-3-5-7;7-6-4-2-1-3-5-6/h1-5H,6H2;1-5,7H. The number of para-hydroxylation sites is 1. The van der Waals surface area contributed by atoms with Gasteiger partial charge >= 0.3 is 0 Å². The lowest BCUT2D eigenvalue weighted by Crippen LogP contribution is -1.98. The molecule has 17 heavy (non-hydrogen) atoms. The summed E-state index contributed by atoms with van der Waals surface area (Å²) in [6, 6.07) is 17.9. The molecule has 2 nitrogen and oxygen atoms in total. The third-order valence-corrected chi connectivity index (χ3v) is 2.48. The quantitative estimate of drug-likeness (QED) is 0.678. The van der Waals surface area contributed by atoms with Crippen LogP contribution in [0.5, 0.6) is 5.75 Å². The summed E-state index contributed by atoms with van der Waals surface area (Å²) < 4.78 is 0. The second kappa shape index (κ2) is 7.63. The molecule has 0 aliphatic carbocycles. The second-order valence-corrected chi connectivity index (χ2v) is 3.82. The van der Waals surface area contributed by atoms with E-state index in [0.29, 0.717) is 11.1 Å². The number of aromatic hydroxyl groups is 1. The fraction of sp³-hybridized carbons (Fsp3) is 0.0714. The second-order valence-electron chi connectivity index (χ2n) is 3.26. The monoisotopic (exact) mass is 292 g/mol. The third-order valence-electron chi connectivity index (χ3n) is 1.97. The maximum atomic E-state index is 11.0. The zero-order valence-corrected chi connectivity index (χ0v) is 10.8. The van der Waals surface area contributed by atoms with E-state index in [0.717, 1.165) is 5.56 Å². The summed E-state index contributed by atoms with van der Waals surface area (Å²) in [5.74, 6) is 0.447. The molecule has 2 rings (SSSR count). The summed E-state index contributed by atoms with van der Waals surface area (Å²) in [6.07, 6.45) is 0. The first-order chi connectivity index (χ1) is 8.24. The zero-order chi connectivity index (χ0) is 12.5. The van der Waals surface area contributed by atoms with Crippen molar-refractivity contribution in [2.45, 2.75) is 0 Å². The molecule has 2 aromatic rings. The molecule has 0 radical (unpaired) electrons. The number of hydrogen-bond donors (Lipinski definition) is 1. The predicted octanol–water partition coefficient (Wildman–Crippen LogP) is 3.66. The number of phenolic OH excluding ortho intramolecular Hbond substituents is 1. The lowest BCUT2D eigenvalue weighted by molar-refractivity contribution is 0.102. The maximum Gasteiger partial charge on any atom is 0.173 e. The number of phenols is 1. The Hall–Kier alpha value is -1.61. The lowest BCUT2D eigenvalue weighted by atomic mass is 10.2. The van der Waals surface area contributed by atoms with Gasteiger partial charge in [-0.05, 0) is 12.1 Å². The van der Waals surface area contributed by atoms with Gasteiger partial charge in [0.05, 0.1) is 5.33 Å². The van der Waals surface area contributed by atoms with E-state index in [2.05, 4.69) is 15.9 Å². The minimum Gasteiger partial charge on any atom is -0.508 e. The smallest absolute Gasteiger partial charge is 0.173 e. The van der Waals surface area contributed by atoms with Crippen LogP contribution in [-0.2, 0) is 0 Å². The van der Waals surface area contributed by atoms with Crippen molar-refractivity contribution in [3.05, 3.63) is 66.2 Å². The first kappa shape index (κ1) is 13.5. The van der Waals surface area contributed by atoms with Crippen molar-refractivity contribution in [2.24, 2.45) is 0 Å². The van der Waals surface area contributed by atoms with E-state index in [1.54, 1.807) is 24.3 Å². The van der Waals surface area contributed by atoms with Gasteiger partial charge in [0.15, 0.2) is 5.78 Å². The Balaban J connectivity index is 0.000000181. The Labute approximate surface area is 109 Å². The van der Waals surface area contributed by atoms with E-state index < -0.39 is 0 Å². The van der Waals surface area contributed by atoms with Gasteiger partial charge in [0.2, 0.25) is 0 Å². The molecule has 0 fully saturated rings. The van der Waals surface area contributed by atoms with Crippen molar-refractivity contribution in [1.29, 1.82) is 0 Å². The fourth-order valence-electron chi connectivity index (χ4n) is 1.13. The van der Waals surface area contributed by atoms with Crippen molar-refractivity contribution < 1.29 is 9.90 Å². The number of hydrogen-bond acceptors (Lipinski definition) is 2. The predicted molar refractivity (Wildman–Crippen MR) is 72.7 cm³/mol. The summed E-state index contributed by atoms with van der Waals surface area (Å²) >= 11 is 3.10. The largest absolute Gasteiger partial charge is 0.508 e. The molecule has 0 spiro atoms. The first-order valence-electron chi connectivity index (χ1n) is 5.12. The van der Waals surface area contributed by atoms with Crippen LogP contribution in [0.15, 0.2) is 60.7 Å². The summed E-state index contributed by atoms with van der Waals surface area (Å²) in [5, 5.41) is 9.03. The number of carbonyl (C=O) groups is 1. The van der Waals surface area contributed by atoms with E-state index in [-0.39, 0.29) is 5.78 Å². The molecular weight excluding hydrogens is 280 g/mol. The van der Waals surface area contributed by atoms with E-state index in [9.17, 15) is 4.79 Å². The number of rotatable bonds is 2. The molecular formula is C14H13BrO2. The van der Waals surface area contributed by atoms with Crippen LogP contribution in [0.2, 0.25) is 0 Å². The van der Waals surface area contributed by atoms with E-state index in [4.69, 9.17) is 5.11 Å². The van der Waals surface area contributed by atoms with Crippen LogP contribution in [0.25, 0.3) is 0 Å². The first-order valence-corrected chi connectivity index (χ1v) is 6.24. The van der Waals surface area contributed by atoms with Gasteiger partial charge in [-0.2, -0.15) is 0 Å². The Morgan fingerprint density at radius 1 is 0.941 bits per heavy atom. The Bertz CT molecular complexity index is 440. The molecule has 88 valence electrons. The minimum absolute atomic E-state index is 0.126. The van der Waals surface area contributed by atoms with Crippen LogP contribution in [0.1, 0.15) is 10.4 Å². The van der Waals surface area contributed by atoms with E-state index in [1.807, 2.05) is 36.4 Å². The molecule has 0 aliphatic rings. The lowest BCUT2D eigenvalue weighted by Gasteiger charge is -1.92. The van der Waals surface area contributed by atoms with Crippen molar-refractivity contribution >= 4 is 21.7 Å². The van der Waals surface area contributed by atoms with Crippen LogP contribution in [0.4, 0.5) is 0 Å². The summed E-state index contributed by atoms with van der Waals surface area (Å²) in [7, 11) is 0. The van der Waals surface area contributed by atoms with Gasteiger partial charge in [0.25, 0.3) is 0 Å². The van der Waals surface area contributed by atoms with Crippen molar-refractivity contribution in [3.8, 4) is 5.75 Å². The molecule has 1 N–H and O–H groups in total. The summed E-state index contributed by atoms with van der Waals surface area (Å²) in [4.78, 5) is 11.0. The third kappa shape index (κ3) is 5.31. The van der Waals surface area contributed by atoms with Crippen molar-refractivity contribution in [2.75, 3.05) is 5.33 Å². The van der Waals surface area contributed by atoms with Gasteiger partial charge in [-0.3, -0.25) is 4.79 Å². The molecule has 0 saturated carbocycles. The molecule has 0 unspecified atom stereocenters. The molecule has 3 heteroatoms. The van der Waals surface area contributed by atoms with Gasteiger partial charge in [-0.25, -0.2) is 0 Å².